The zero-order valence-electron chi connectivity index (χ0n) is 18.5. The van der Waals surface area contributed by atoms with E-state index >= 15 is 0 Å². The number of amides is 3. The molecule has 1 fully saturated rings. The molecule has 3 aromatic carbocycles. The largest absolute Gasteiger partial charge is 0.490 e. The van der Waals surface area contributed by atoms with Crippen LogP contribution in [0.4, 0.5) is 10.5 Å². The minimum absolute atomic E-state index is 0.106. The number of anilines is 1. The van der Waals surface area contributed by atoms with Crippen molar-refractivity contribution >= 4 is 51.2 Å². The number of ether oxygens (including phenoxy) is 2. The molecular formula is C26H19BrClN3O4. The van der Waals surface area contributed by atoms with Gasteiger partial charge in [0.15, 0.2) is 11.5 Å². The van der Waals surface area contributed by atoms with Crippen LogP contribution in [0.25, 0.3) is 6.08 Å². The Morgan fingerprint density at radius 3 is 2.60 bits per heavy atom. The first kappa shape index (κ1) is 24.3. The number of urea groups is 1. The minimum Gasteiger partial charge on any atom is -0.490 e. The molecule has 1 aliphatic rings. The van der Waals surface area contributed by atoms with Crippen LogP contribution in [0.1, 0.15) is 23.6 Å². The Kier molecular flexibility index (Phi) is 7.39. The van der Waals surface area contributed by atoms with E-state index in [-0.39, 0.29) is 12.3 Å². The quantitative estimate of drug-likeness (QED) is 0.285. The maximum Gasteiger partial charge on any atom is 0.333 e. The monoisotopic (exact) mass is 551 g/mol. The summed E-state index contributed by atoms with van der Waals surface area (Å²) in [5.74, 6) is 0.423. The number of carbonyl (C=O) groups excluding carboxylic acids is 2. The number of nitrogens with one attached hydrogen (secondary N) is 1. The fraction of sp³-hybridized carbons (Fsp3) is 0.115. The Morgan fingerprint density at radius 1 is 1.09 bits per heavy atom. The molecule has 0 unspecified atom stereocenters. The Morgan fingerprint density at radius 2 is 1.86 bits per heavy atom. The summed E-state index contributed by atoms with van der Waals surface area (Å²) < 4.78 is 12.3. The van der Waals surface area contributed by atoms with E-state index in [1.165, 1.54) is 0 Å². The van der Waals surface area contributed by atoms with Gasteiger partial charge in [0.2, 0.25) is 0 Å². The lowest BCUT2D eigenvalue weighted by atomic mass is 10.1. The molecule has 1 saturated heterocycles. The molecule has 0 aliphatic carbocycles. The smallest absolute Gasteiger partial charge is 0.333 e. The Labute approximate surface area is 215 Å². The summed E-state index contributed by atoms with van der Waals surface area (Å²) in [7, 11) is 0. The van der Waals surface area contributed by atoms with Crippen LogP contribution < -0.4 is 19.7 Å². The number of hydrogen-bond acceptors (Lipinski definition) is 5. The first-order valence-electron chi connectivity index (χ1n) is 10.6. The number of nitrogens with zero attached hydrogens (tertiary/aromatic N) is 2. The third-order valence-electron chi connectivity index (χ3n) is 5.13. The summed E-state index contributed by atoms with van der Waals surface area (Å²) in [6, 6.07) is 18.7. The number of imide groups is 1. The van der Waals surface area contributed by atoms with Crippen LogP contribution in [0.3, 0.4) is 0 Å². The van der Waals surface area contributed by atoms with Crippen LogP contribution in [-0.2, 0) is 11.4 Å². The molecule has 35 heavy (non-hydrogen) atoms. The maximum absolute atomic E-state index is 13.0. The van der Waals surface area contributed by atoms with Crippen LogP contribution in [0.2, 0.25) is 5.02 Å². The average molecular weight is 553 g/mol. The molecule has 9 heteroatoms. The van der Waals surface area contributed by atoms with Gasteiger partial charge >= 0.3 is 6.03 Å². The fourth-order valence-corrected chi connectivity index (χ4v) is 4.11. The molecule has 0 radical (unpaired) electrons. The Balaban J connectivity index is 1.62. The SMILES string of the molecule is CCOc1cc(/C=C2/NC(=O)N(c3cccc(Cl)c3)C2=O)c(Br)cc1OCc1ccccc1C#N. The number of rotatable bonds is 7. The third-order valence-corrected chi connectivity index (χ3v) is 6.05. The van der Waals surface area contributed by atoms with E-state index in [0.29, 0.717) is 44.4 Å². The van der Waals surface area contributed by atoms with Gasteiger partial charge in [-0.25, -0.2) is 9.69 Å². The molecule has 7 nitrogen and oxygen atoms in total. The van der Waals surface area contributed by atoms with Gasteiger partial charge in [0.25, 0.3) is 5.91 Å². The van der Waals surface area contributed by atoms with E-state index in [1.54, 1.807) is 54.6 Å². The van der Waals surface area contributed by atoms with Crippen molar-refractivity contribution in [3.05, 3.63) is 92.5 Å². The van der Waals surface area contributed by atoms with E-state index in [0.717, 1.165) is 10.5 Å². The highest BCUT2D eigenvalue weighted by atomic mass is 79.9. The zero-order valence-corrected chi connectivity index (χ0v) is 20.9. The first-order valence-corrected chi connectivity index (χ1v) is 11.8. The van der Waals surface area contributed by atoms with Crippen molar-refractivity contribution < 1.29 is 19.1 Å². The number of hydrogen-bond donors (Lipinski definition) is 1. The highest BCUT2D eigenvalue weighted by Gasteiger charge is 2.35. The summed E-state index contributed by atoms with van der Waals surface area (Å²) >= 11 is 9.53. The summed E-state index contributed by atoms with van der Waals surface area (Å²) in [6.07, 6.45) is 1.56. The van der Waals surface area contributed by atoms with Gasteiger partial charge in [0.05, 0.1) is 23.9 Å². The van der Waals surface area contributed by atoms with Gasteiger partial charge in [0.1, 0.15) is 12.3 Å². The van der Waals surface area contributed by atoms with Gasteiger partial charge in [-0.3, -0.25) is 4.79 Å². The van der Waals surface area contributed by atoms with Crippen molar-refractivity contribution in [2.45, 2.75) is 13.5 Å². The molecule has 0 spiro atoms. The standard InChI is InChI=1S/C26H19BrClN3O4/c1-2-34-23-11-18(21(27)13-24(23)35-15-17-7-4-3-6-16(17)14-29)10-22-25(32)31(26(33)30-22)20-9-5-8-19(28)12-20/h3-13H,2,15H2,1H3,(H,30,33)/b22-10+. The topological polar surface area (TPSA) is 91.7 Å². The molecule has 0 bridgehead atoms. The van der Waals surface area contributed by atoms with Crippen LogP contribution in [0.15, 0.2) is 70.8 Å². The lowest BCUT2D eigenvalue weighted by Crippen LogP contribution is -2.30. The van der Waals surface area contributed by atoms with E-state index in [2.05, 4.69) is 27.3 Å². The van der Waals surface area contributed by atoms with Crippen molar-refractivity contribution in [1.82, 2.24) is 5.32 Å². The molecule has 4 rings (SSSR count). The zero-order chi connectivity index (χ0) is 24.9. The number of halogens is 2. The van der Waals surface area contributed by atoms with Gasteiger partial charge in [0, 0.05) is 15.1 Å². The number of nitriles is 1. The molecule has 176 valence electrons. The lowest BCUT2D eigenvalue weighted by Gasteiger charge is -2.15. The molecule has 0 atom stereocenters. The second-order valence-corrected chi connectivity index (χ2v) is 8.71. The predicted molar refractivity (Wildman–Crippen MR) is 136 cm³/mol. The average Bonchev–Trinajstić information content (AvgIpc) is 3.12. The predicted octanol–water partition coefficient (Wildman–Crippen LogP) is 6.05. The van der Waals surface area contributed by atoms with Gasteiger partial charge in [-0.1, -0.05) is 51.8 Å². The van der Waals surface area contributed by atoms with E-state index in [1.807, 2.05) is 19.1 Å². The van der Waals surface area contributed by atoms with Crippen molar-refractivity contribution in [3.8, 4) is 17.6 Å². The second-order valence-electron chi connectivity index (χ2n) is 7.42. The molecule has 3 aromatic rings. The van der Waals surface area contributed by atoms with E-state index in [4.69, 9.17) is 21.1 Å². The highest BCUT2D eigenvalue weighted by molar-refractivity contribution is 9.10. The third kappa shape index (κ3) is 5.32. The van der Waals surface area contributed by atoms with Crippen molar-refractivity contribution in [1.29, 1.82) is 5.26 Å². The number of carbonyl (C=O) groups is 2. The molecular weight excluding hydrogens is 534 g/mol. The summed E-state index contributed by atoms with van der Waals surface area (Å²) in [5, 5.41) is 12.3. The Hall–Kier alpha value is -3.80. The molecule has 1 N–H and O–H groups in total. The summed E-state index contributed by atoms with van der Waals surface area (Å²) in [5.41, 5.74) is 2.37. The number of benzene rings is 3. The van der Waals surface area contributed by atoms with Crippen LogP contribution >= 0.6 is 27.5 Å². The summed E-state index contributed by atoms with van der Waals surface area (Å²) in [4.78, 5) is 26.5. The van der Waals surface area contributed by atoms with Crippen molar-refractivity contribution in [2.24, 2.45) is 0 Å². The molecule has 1 aliphatic heterocycles. The maximum atomic E-state index is 13.0. The second kappa shape index (κ2) is 10.6. The highest BCUT2D eigenvalue weighted by Crippen LogP contribution is 2.36. The fourth-order valence-electron chi connectivity index (χ4n) is 3.49. The van der Waals surface area contributed by atoms with Gasteiger partial charge in [-0.2, -0.15) is 5.26 Å². The minimum atomic E-state index is -0.569. The summed E-state index contributed by atoms with van der Waals surface area (Å²) in [6.45, 7) is 2.42. The molecule has 3 amide bonds. The lowest BCUT2D eigenvalue weighted by molar-refractivity contribution is -0.113. The Bertz CT molecular complexity index is 1380. The normalized spacial score (nSPS) is 14.1. The van der Waals surface area contributed by atoms with Crippen LogP contribution in [0, 0.1) is 11.3 Å². The van der Waals surface area contributed by atoms with Gasteiger partial charge in [-0.15, -0.1) is 0 Å². The molecule has 1 heterocycles. The van der Waals surface area contributed by atoms with E-state index in [9.17, 15) is 14.9 Å². The van der Waals surface area contributed by atoms with Crippen molar-refractivity contribution in [3.63, 3.8) is 0 Å². The van der Waals surface area contributed by atoms with Crippen LogP contribution in [0.5, 0.6) is 11.5 Å². The molecule has 0 saturated carbocycles. The van der Waals surface area contributed by atoms with Gasteiger partial charge < -0.3 is 14.8 Å². The van der Waals surface area contributed by atoms with Gasteiger partial charge in [-0.05, 0) is 55.0 Å². The van der Waals surface area contributed by atoms with Crippen LogP contribution in [-0.4, -0.2) is 18.5 Å². The van der Waals surface area contributed by atoms with E-state index < -0.39 is 11.9 Å². The first-order chi connectivity index (χ1) is 16.9. The van der Waals surface area contributed by atoms with Crippen molar-refractivity contribution in [2.75, 3.05) is 11.5 Å². The molecule has 0 aromatic heterocycles.